The van der Waals surface area contributed by atoms with Crippen molar-refractivity contribution in [2.45, 2.75) is 31.7 Å². The van der Waals surface area contributed by atoms with E-state index in [0.717, 1.165) is 12.8 Å². The number of halogens is 3. The van der Waals surface area contributed by atoms with E-state index in [-0.39, 0.29) is 20.8 Å². The Labute approximate surface area is 136 Å². The monoisotopic (exact) mass is 350 g/mol. The number of carboxylic acids is 1. The van der Waals surface area contributed by atoms with Crippen molar-refractivity contribution in [1.82, 2.24) is 9.88 Å². The highest BCUT2D eigenvalue weighted by atomic mass is 35.5. The van der Waals surface area contributed by atoms with Gasteiger partial charge in [0.25, 0.3) is 5.91 Å². The van der Waals surface area contributed by atoms with Gasteiger partial charge in [0.05, 0.1) is 15.1 Å². The van der Waals surface area contributed by atoms with Gasteiger partial charge in [0.2, 0.25) is 0 Å². The van der Waals surface area contributed by atoms with E-state index >= 15 is 0 Å². The van der Waals surface area contributed by atoms with Gasteiger partial charge >= 0.3 is 5.97 Å². The van der Waals surface area contributed by atoms with Crippen LogP contribution >= 0.6 is 34.8 Å². The van der Waals surface area contributed by atoms with Crippen LogP contribution in [0.4, 0.5) is 0 Å². The van der Waals surface area contributed by atoms with Gasteiger partial charge in [-0.3, -0.25) is 4.79 Å². The molecule has 1 aromatic heterocycles. The van der Waals surface area contributed by atoms with Crippen LogP contribution in [0.5, 0.6) is 0 Å². The van der Waals surface area contributed by atoms with Crippen LogP contribution in [-0.2, 0) is 4.79 Å². The minimum Gasteiger partial charge on any atom is -0.480 e. The Hall–Kier alpha value is -1.04. The zero-order valence-electron chi connectivity index (χ0n) is 11.2. The first-order valence-electron chi connectivity index (χ1n) is 6.34. The van der Waals surface area contributed by atoms with Crippen molar-refractivity contribution in [3.05, 3.63) is 27.0 Å². The number of aliphatic carboxylic acids is 1. The van der Waals surface area contributed by atoms with E-state index in [1.165, 1.54) is 18.0 Å². The third-order valence-corrected chi connectivity index (χ3v) is 4.96. The molecule has 0 aliphatic carbocycles. The summed E-state index contributed by atoms with van der Waals surface area (Å²) in [5.41, 5.74) is -1.35. The van der Waals surface area contributed by atoms with E-state index in [1.807, 2.05) is 0 Å². The van der Waals surface area contributed by atoms with Gasteiger partial charge in [-0.25, -0.2) is 9.78 Å². The first-order chi connectivity index (χ1) is 9.79. The second-order valence-corrected chi connectivity index (χ2v) is 6.24. The predicted octanol–water partition coefficient (Wildman–Crippen LogP) is 3.51. The predicted molar refractivity (Wildman–Crippen MR) is 80.2 cm³/mol. The summed E-state index contributed by atoms with van der Waals surface area (Å²) in [6.07, 6.45) is 3.08. The Kier molecular flexibility index (Phi) is 4.66. The number of amides is 1. The fourth-order valence-corrected chi connectivity index (χ4v) is 2.95. The van der Waals surface area contributed by atoms with Crippen LogP contribution in [0.25, 0.3) is 0 Å². The summed E-state index contributed by atoms with van der Waals surface area (Å²) in [4.78, 5) is 29.3. The fraction of sp³-hybridized carbons (Fsp3) is 0.462. The summed E-state index contributed by atoms with van der Waals surface area (Å²) in [6.45, 7) is 1.86. The van der Waals surface area contributed by atoms with Gasteiger partial charge in [-0.05, 0) is 26.2 Å². The quantitative estimate of drug-likeness (QED) is 0.885. The first-order valence-corrected chi connectivity index (χ1v) is 7.47. The fourth-order valence-electron chi connectivity index (χ4n) is 2.39. The molecular formula is C13H13Cl3N2O3. The molecule has 1 aromatic rings. The second-order valence-electron chi connectivity index (χ2n) is 5.08. The Morgan fingerprint density at radius 2 is 1.95 bits per heavy atom. The van der Waals surface area contributed by atoms with Gasteiger partial charge in [0.15, 0.2) is 0 Å². The molecule has 2 heterocycles. The Morgan fingerprint density at radius 1 is 1.29 bits per heavy atom. The molecule has 1 N–H and O–H groups in total. The van der Waals surface area contributed by atoms with Crippen molar-refractivity contribution in [1.29, 1.82) is 0 Å². The summed E-state index contributed by atoms with van der Waals surface area (Å²) in [5, 5.41) is 9.54. The molecule has 0 spiro atoms. The van der Waals surface area contributed by atoms with E-state index in [9.17, 15) is 14.7 Å². The maximum Gasteiger partial charge on any atom is 0.329 e. The first kappa shape index (κ1) is 16.3. The Morgan fingerprint density at radius 3 is 2.57 bits per heavy atom. The molecule has 0 bridgehead atoms. The lowest BCUT2D eigenvalue weighted by atomic mass is 9.88. The van der Waals surface area contributed by atoms with Crippen LogP contribution in [-0.4, -0.2) is 39.0 Å². The normalized spacial score (nSPS) is 22.2. The van der Waals surface area contributed by atoms with Gasteiger partial charge < -0.3 is 10.0 Å². The lowest BCUT2D eigenvalue weighted by Gasteiger charge is -2.41. The lowest BCUT2D eigenvalue weighted by Crippen LogP contribution is -2.57. The molecule has 1 atom stereocenters. The van der Waals surface area contributed by atoms with E-state index in [2.05, 4.69) is 4.98 Å². The molecule has 8 heteroatoms. The number of hydrogen-bond donors (Lipinski definition) is 1. The van der Waals surface area contributed by atoms with Crippen molar-refractivity contribution < 1.29 is 14.7 Å². The smallest absolute Gasteiger partial charge is 0.329 e. The van der Waals surface area contributed by atoms with Crippen LogP contribution in [0.2, 0.25) is 15.1 Å². The molecule has 5 nitrogen and oxygen atoms in total. The standard InChI is InChI=1S/C13H13Cl3N2O3/c1-13(12(20)21)4-2-3-5-18(13)11(19)10-9(16)8(15)7(14)6-17-10/h6H,2-5H2,1H3,(H,20,21). The minimum absolute atomic E-state index is 0.0331. The molecule has 0 aromatic carbocycles. The van der Waals surface area contributed by atoms with Crippen molar-refractivity contribution in [3.8, 4) is 0 Å². The van der Waals surface area contributed by atoms with Crippen LogP contribution in [0.3, 0.4) is 0 Å². The van der Waals surface area contributed by atoms with Crippen LogP contribution in [0.1, 0.15) is 36.7 Å². The Balaban J connectivity index is 2.43. The molecule has 1 aliphatic heterocycles. The number of piperidine rings is 1. The van der Waals surface area contributed by atoms with Gasteiger partial charge in [-0.2, -0.15) is 0 Å². The van der Waals surface area contributed by atoms with Crippen molar-refractivity contribution in [2.75, 3.05) is 6.54 Å². The number of nitrogens with zero attached hydrogens (tertiary/aromatic N) is 2. The molecule has 1 fully saturated rings. The molecule has 1 aliphatic rings. The molecule has 114 valence electrons. The number of likely N-dealkylation sites (tertiary alicyclic amines) is 1. The molecule has 21 heavy (non-hydrogen) atoms. The zero-order valence-corrected chi connectivity index (χ0v) is 13.5. The number of carbonyl (C=O) groups is 2. The van der Waals surface area contributed by atoms with E-state index in [1.54, 1.807) is 0 Å². The zero-order chi connectivity index (χ0) is 15.8. The highest BCUT2D eigenvalue weighted by Crippen LogP contribution is 2.34. The SMILES string of the molecule is CC1(C(=O)O)CCCCN1C(=O)c1ncc(Cl)c(Cl)c1Cl. The van der Waals surface area contributed by atoms with Gasteiger partial charge in [0.1, 0.15) is 11.2 Å². The van der Waals surface area contributed by atoms with E-state index in [4.69, 9.17) is 34.8 Å². The topological polar surface area (TPSA) is 70.5 Å². The van der Waals surface area contributed by atoms with Crippen LogP contribution in [0.15, 0.2) is 6.20 Å². The number of pyridine rings is 1. The summed E-state index contributed by atoms with van der Waals surface area (Å²) in [6, 6.07) is 0. The minimum atomic E-state index is -1.27. The number of carbonyl (C=O) groups excluding carboxylic acids is 1. The number of aromatic nitrogens is 1. The highest BCUT2D eigenvalue weighted by Gasteiger charge is 2.45. The summed E-state index contributed by atoms with van der Waals surface area (Å²) in [5.74, 6) is -1.60. The van der Waals surface area contributed by atoms with Gasteiger partial charge in [-0.15, -0.1) is 0 Å². The highest BCUT2D eigenvalue weighted by molar-refractivity contribution is 6.48. The van der Waals surface area contributed by atoms with E-state index in [0.29, 0.717) is 13.0 Å². The maximum atomic E-state index is 12.6. The molecule has 0 radical (unpaired) electrons. The third kappa shape index (κ3) is 2.82. The molecule has 1 saturated heterocycles. The lowest BCUT2D eigenvalue weighted by molar-refractivity contribution is -0.150. The van der Waals surface area contributed by atoms with Crippen LogP contribution in [0, 0.1) is 0 Å². The largest absolute Gasteiger partial charge is 0.480 e. The van der Waals surface area contributed by atoms with Crippen molar-refractivity contribution >= 4 is 46.7 Å². The second kappa shape index (κ2) is 5.99. The molecule has 1 unspecified atom stereocenters. The summed E-state index contributed by atoms with van der Waals surface area (Å²) >= 11 is 17.7. The van der Waals surface area contributed by atoms with Crippen molar-refractivity contribution in [3.63, 3.8) is 0 Å². The number of carboxylic acid groups (broad SMARTS) is 1. The molecular weight excluding hydrogens is 339 g/mol. The van der Waals surface area contributed by atoms with E-state index < -0.39 is 17.4 Å². The molecule has 2 rings (SSSR count). The third-order valence-electron chi connectivity index (χ3n) is 3.72. The summed E-state index contributed by atoms with van der Waals surface area (Å²) < 4.78 is 0. The number of hydrogen-bond acceptors (Lipinski definition) is 3. The van der Waals surface area contributed by atoms with Crippen LogP contribution < -0.4 is 0 Å². The average molecular weight is 352 g/mol. The molecule has 0 saturated carbocycles. The average Bonchev–Trinajstić information content (AvgIpc) is 2.44. The summed E-state index contributed by atoms with van der Waals surface area (Å²) in [7, 11) is 0. The Bertz CT molecular complexity index is 609. The van der Waals surface area contributed by atoms with Gasteiger partial charge in [0, 0.05) is 12.7 Å². The number of rotatable bonds is 2. The molecule has 1 amide bonds. The van der Waals surface area contributed by atoms with Gasteiger partial charge in [-0.1, -0.05) is 34.8 Å². The van der Waals surface area contributed by atoms with Crippen molar-refractivity contribution in [2.24, 2.45) is 0 Å². The maximum absolute atomic E-state index is 12.6.